The second-order valence-electron chi connectivity index (χ2n) is 6.60. The molecule has 0 bridgehead atoms. The molecule has 3 aromatic rings. The summed E-state index contributed by atoms with van der Waals surface area (Å²) in [6, 6.07) is 15.3. The molecule has 1 N–H and O–H groups in total. The molecule has 1 aliphatic rings. The van der Waals surface area contributed by atoms with Gasteiger partial charge in [-0.2, -0.15) is 0 Å². The van der Waals surface area contributed by atoms with Crippen LogP contribution in [0.1, 0.15) is 17.8 Å². The van der Waals surface area contributed by atoms with E-state index in [0.717, 1.165) is 43.4 Å². The van der Waals surface area contributed by atoms with Crippen LogP contribution < -0.4 is 5.32 Å². The fraction of sp³-hybridized carbons (Fsp3) is 0.300. The summed E-state index contributed by atoms with van der Waals surface area (Å²) in [7, 11) is 0. The minimum Gasteiger partial charge on any atom is -0.380 e. The number of likely N-dealkylation sites (tertiary alicyclic amines) is 1. The lowest BCUT2D eigenvalue weighted by atomic mass is 10.2. The number of anilines is 1. The minimum atomic E-state index is 0.478. The Morgan fingerprint density at radius 1 is 1.12 bits per heavy atom. The van der Waals surface area contributed by atoms with Gasteiger partial charge < -0.3 is 5.32 Å². The molecule has 1 fully saturated rings. The first-order chi connectivity index (χ1) is 12.3. The number of aryl methyl sites for hydroxylation is 1. The Bertz CT molecular complexity index is 810. The van der Waals surface area contributed by atoms with Crippen LogP contribution in [-0.4, -0.2) is 38.6 Å². The summed E-state index contributed by atoms with van der Waals surface area (Å²) in [4.78, 5) is 11.3. The summed E-state index contributed by atoms with van der Waals surface area (Å²) in [5, 5.41) is 3.61. The minimum absolute atomic E-state index is 0.478. The highest BCUT2D eigenvalue weighted by Gasteiger charge is 2.22. The number of hydrogen-bond acceptors (Lipinski definition) is 4. The molecule has 0 spiro atoms. The molecule has 1 unspecified atom stereocenters. The molecular formula is C20H23N5. The Labute approximate surface area is 148 Å². The summed E-state index contributed by atoms with van der Waals surface area (Å²) >= 11 is 0. The van der Waals surface area contributed by atoms with E-state index in [4.69, 9.17) is 0 Å². The molecule has 5 nitrogen and oxygen atoms in total. The summed E-state index contributed by atoms with van der Waals surface area (Å²) in [6.45, 7) is 5.20. The topological polar surface area (TPSA) is 46.0 Å². The van der Waals surface area contributed by atoms with Crippen molar-refractivity contribution in [2.45, 2.75) is 25.9 Å². The van der Waals surface area contributed by atoms with E-state index in [1.54, 1.807) is 6.20 Å². The van der Waals surface area contributed by atoms with Gasteiger partial charge in [0.05, 0.1) is 11.9 Å². The molecule has 1 aromatic carbocycles. The highest BCUT2D eigenvalue weighted by Crippen LogP contribution is 2.18. The van der Waals surface area contributed by atoms with Gasteiger partial charge >= 0.3 is 0 Å². The van der Waals surface area contributed by atoms with Gasteiger partial charge in [0.1, 0.15) is 11.6 Å². The normalized spacial score (nSPS) is 17.7. The molecular weight excluding hydrogens is 310 g/mol. The lowest BCUT2D eigenvalue weighted by Crippen LogP contribution is -2.26. The van der Waals surface area contributed by atoms with E-state index in [2.05, 4.69) is 56.6 Å². The number of hydrogen-bond donors (Lipinski definition) is 1. The predicted molar refractivity (Wildman–Crippen MR) is 99.8 cm³/mol. The van der Waals surface area contributed by atoms with Crippen LogP contribution >= 0.6 is 0 Å². The molecule has 1 aliphatic heterocycles. The van der Waals surface area contributed by atoms with Crippen molar-refractivity contribution in [3.8, 4) is 5.82 Å². The first-order valence-corrected chi connectivity index (χ1v) is 8.77. The molecule has 2 aromatic heterocycles. The first-order valence-electron chi connectivity index (χ1n) is 8.77. The van der Waals surface area contributed by atoms with E-state index in [1.165, 1.54) is 5.56 Å². The van der Waals surface area contributed by atoms with E-state index < -0.39 is 0 Å². The number of benzene rings is 1. The highest BCUT2D eigenvalue weighted by atomic mass is 15.2. The Morgan fingerprint density at radius 3 is 2.72 bits per heavy atom. The average molecular weight is 333 g/mol. The molecule has 3 heterocycles. The molecule has 1 saturated heterocycles. The van der Waals surface area contributed by atoms with Crippen LogP contribution in [0.4, 0.5) is 5.69 Å². The van der Waals surface area contributed by atoms with Crippen LogP contribution in [0.25, 0.3) is 5.82 Å². The summed E-state index contributed by atoms with van der Waals surface area (Å²) < 4.78 is 1.99. The van der Waals surface area contributed by atoms with Crippen molar-refractivity contribution in [3.63, 3.8) is 0 Å². The van der Waals surface area contributed by atoms with E-state index in [9.17, 15) is 0 Å². The van der Waals surface area contributed by atoms with Gasteiger partial charge in [0.25, 0.3) is 0 Å². The highest BCUT2D eigenvalue weighted by molar-refractivity contribution is 5.45. The summed E-state index contributed by atoms with van der Waals surface area (Å²) in [5.41, 5.74) is 2.46. The first kappa shape index (κ1) is 15.8. The van der Waals surface area contributed by atoms with Gasteiger partial charge in [-0.25, -0.2) is 9.97 Å². The number of aromatic nitrogens is 3. The standard InChI is InChI=1S/C20H23N5/c1-16-21-10-12-25(16)20-8-7-18(13-22-20)23-19-9-11-24(15-19)14-17-5-3-2-4-6-17/h2-8,10,12-13,19,23H,9,11,14-15H2,1H3. The lowest BCUT2D eigenvalue weighted by molar-refractivity contribution is 0.328. The number of rotatable bonds is 5. The monoisotopic (exact) mass is 333 g/mol. The van der Waals surface area contributed by atoms with Gasteiger partial charge in [-0.3, -0.25) is 9.47 Å². The molecule has 1 atom stereocenters. The number of nitrogens with one attached hydrogen (secondary N) is 1. The predicted octanol–water partition coefficient (Wildman–Crippen LogP) is 3.26. The molecule has 25 heavy (non-hydrogen) atoms. The molecule has 0 saturated carbocycles. The largest absolute Gasteiger partial charge is 0.380 e. The van der Waals surface area contributed by atoms with Crippen molar-refractivity contribution in [1.29, 1.82) is 0 Å². The SMILES string of the molecule is Cc1nccn1-c1ccc(NC2CCN(Cc3ccccc3)C2)cn1. The Kier molecular flexibility index (Phi) is 4.48. The maximum Gasteiger partial charge on any atom is 0.138 e. The zero-order valence-corrected chi connectivity index (χ0v) is 14.5. The van der Waals surface area contributed by atoms with E-state index in [-0.39, 0.29) is 0 Å². The van der Waals surface area contributed by atoms with Crippen molar-refractivity contribution < 1.29 is 0 Å². The zero-order valence-electron chi connectivity index (χ0n) is 14.5. The smallest absolute Gasteiger partial charge is 0.138 e. The number of nitrogens with zero attached hydrogens (tertiary/aromatic N) is 4. The van der Waals surface area contributed by atoms with Crippen molar-refractivity contribution in [1.82, 2.24) is 19.4 Å². The molecule has 0 aliphatic carbocycles. The van der Waals surface area contributed by atoms with E-state index in [1.807, 2.05) is 30.0 Å². The molecule has 4 rings (SSSR count). The van der Waals surface area contributed by atoms with Crippen LogP contribution in [0.15, 0.2) is 61.1 Å². The third kappa shape index (κ3) is 3.72. The molecule has 0 amide bonds. The van der Waals surface area contributed by atoms with Crippen molar-refractivity contribution in [2.24, 2.45) is 0 Å². The van der Waals surface area contributed by atoms with Crippen LogP contribution in [0, 0.1) is 6.92 Å². The van der Waals surface area contributed by atoms with Gasteiger partial charge in [0, 0.05) is 38.1 Å². The van der Waals surface area contributed by atoms with Gasteiger partial charge in [-0.05, 0) is 31.0 Å². The second-order valence-corrected chi connectivity index (χ2v) is 6.60. The fourth-order valence-corrected chi connectivity index (χ4v) is 3.41. The van der Waals surface area contributed by atoms with Crippen LogP contribution in [0.3, 0.4) is 0 Å². The average Bonchev–Trinajstić information content (AvgIpc) is 3.26. The third-order valence-corrected chi connectivity index (χ3v) is 4.71. The van der Waals surface area contributed by atoms with Crippen LogP contribution in [0.2, 0.25) is 0 Å². The molecule has 128 valence electrons. The van der Waals surface area contributed by atoms with Crippen molar-refractivity contribution >= 4 is 5.69 Å². The van der Waals surface area contributed by atoms with Crippen molar-refractivity contribution in [2.75, 3.05) is 18.4 Å². The Hall–Kier alpha value is -2.66. The fourth-order valence-electron chi connectivity index (χ4n) is 3.41. The zero-order chi connectivity index (χ0) is 17.1. The Balaban J connectivity index is 1.34. The lowest BCUT2D eigenvalue weighted by Gasteiger charge is -2.17. The number of imidazole rings is 1. The van der Waals surface area contributed by atoms with E-state index in [0.29, 0.717) is 6.04 Å². The third-order valence-electron chi connectivity index (χ3n) is 4.71. The maximum atomic E-state index is 4.56. The van der Waals surface area contributed by atoms with Gasteiger partial charge in [0.15, 0.2) is 0 Å². The summed E-state index contributed by atoms with van der Waals surface area (Å²) in [5.74, 6) is 1.85. The van der Waals surface area contributed by atoms with Gasteiger partial charge in [-0.15, -0.1) is 0 Å². The molecule has 0 radical (unpaired) electrons. The Morgan fingerprint density at radius 2 is 2.00 bits per heavy atom. The van der Waals surface area contributed by atoms with Gasteiger partial charge in [-0.1, -0.05) is 30.3 Å². The van der Waals surface area contributed by atoms with Crippen LogP contribution in [-0.2, 0) is 6.54 Å². The maximum absolute atomic E-state index is 4.56. The van der Waals surface area contributed by atoms with Gasteiger partial charge in [0.2, 0.25) is 0 Å². The molecule has 5 heteroatoms. The summed E-state index contributed by atoms with van der Waals surface area (Å²) in [6.07, 6.45) is 6.80. The second kappa shape index (κ2) is 7.07. The number of pyridine rings is 1. The van der Waals surface area contributed by atoms with E-state index >= 15 is 0 Å². The quantitative estimate of drug-likeness (QED) is 0.778. The van der Waals surface area contributed by atoms with Crippen LogP contribution in [0.5, 0.6) is 0 Å². The van der Waals surface area contributed by atoms with Crippen molar-refractivity contribution in [3.05, 3.63) is 72.4 Å².